The van der Waals surface area contributed by atoms with Gasteiger partial charge in [0.1, 0.15) is 19.2 Å². The molecule has 1 aliphatic heterocycles. The maximum atomic E-state index is 12.0. The molecule has 0 radical (unpaired) electrons. The van der Waals surface area contributed by atoms with Crippen molar-refractivity contribution < 1.29 is 28.6 Å². The van der Waals surface area contributed by atoms with Gasteiger partial charge in [0.25, 0.3) is 5.91 Å². The molecule has 0 aromatic rings. The molecular weight excluding hydrogens is 242 g/mol. The minimum Gasteiger partial charge on any atom is -0.468 e. The molecule has 1 amide bonds. The van der Waals surface area contributed by atoms with Crippen LogP contribution in [0.2, 0.25) is 0 Å². The number of hydrogen-bond donors (Lipinski definition) is 0. The molecule has 0 saturated carbocycles. The zero-order valence-corrected chi connectivity index (χ0v) is 10.5. The zero-order valence-electron chi connectivity index (χ0n) is 10.5. The number of rotatable bonds is 5. The Bertz CT molecular complexity index is 305. The first-order valence-electron chi connectivity index (χ1n) is 5.62. The summed E-state index contributed by atoms with van der Waals surface area (Å²) in [5.74, 6) is -1.57. The Kier molecular flexibility index (Phi) is 5.57. The normalized spacial score (nSPS) is 18.2. The first kappa shape index (κ1) is 14.4. The lowest BCUT2D eigenvalue weighted by Gasteiger charge is -2.22. The fraction of sp³-hybridized carbons (Fsp3) is 0.727. The minimum absolute atomic E-state index is 0.287. The van der Waals surface area contributed by atoms with Crippen molar-refractivity contribution >= 4 is 17.8 Å². The van der Waals surface area contributed by atoms with Crippen molar-refractivity contribution in [2.24, 2.45) is 0 Å². The molecule has 0 aromatic carbocycles. The Morgan fingerprint density at radius 2 is 1.72 bits per heavy atom. The first-order valence-corrected chi connectivity index (χ1v) is 5.62. The maximum absolute atomic E-state index is 12.0. The monoisotopic (exact) mass is 259 g/mol. The quantitative estimate of drug-likeness (QED) is 0.610. The highest BCUT2D eigenvalue weighted by Crippen LogP contribution is 2.14. The molecule has 0 N–H and O–H groups in total. The topological polar surface area (TPSA) is 82.1 Å². The van der Waals surface area contributed by atoms with Crippen molar-refractivity contribution in [1.29, 1.82) is 0 Å². The fourth-order valence-electron chi connectivity index (χ4n) is 1.63. The van der Waals surface area contributed by atoms with Gasteiger partial charge >= 0.3 is 11.9 Å². The Hall–Kier alpha value is -1.63. The predicted molar refractivity (Wildman–Crippen MR) is 59.6 cm³/mol. The number of nitrogens with zero attached hydrogens (tertiary/aromatic N) is 1. The van der Waals surface area contributed by atoms with E-state index in [1.54, 1.807) is 0 Å². The van der Waals surface area contributed by atoms with Crippen LogP contribution in [0, 0.1) is 0 Å². The maximum Gasteiger partial charge on any atom is 0.325 e. The average Bonchev–Trinajstić information content (AvgIpc) is 2.90. The molecule has 1 fully saturated rings. The molecule has 0 unspecified atom stereocenters. The van der Waals surface area contributed by atoms with Gasteiger partial charge < -0.3 is 19.1 Å². The largest absolute Gasteiger partial charge is 0.468 e. The number of hydrogen-bond acceptors (Lipinski definition) is 6. The number of carbonyl (C=O) groups excluding carboxylic acids is 3. The molecule has 0 aliphatic carbocycles. The molecule has 1 rings (SSSR count). The molecule has 18 heavy (non-hydrogen) atoms. The van der Waals surface area contributed by atoms with Crippen LogP contribution in [0.4, 0.5) is 0 Å². The number of esters is 2. The van der Waals surface area contributed by atoms with E-state index in [4.69, 9.17) is 4.74 Å². The van der Waals surface area contributed by atoms with Crippen LogP contribution in [-0.4, -0.2) is 62.8 Å². The van der Waals surface area contributed by atoms with Crippen molar-refractivity contribution in [3.8, 4) is 0 Å². The van der Waals surface area contributed by atoms with Gasteiger partial charge in [0.15, 0.2) is 0 Å². The van der Waals surface area contributed by atoms with Gasteiger partial charge in [-0.3, -0.25) is 14.4 Å². The van der Waals surface area contributed by atoms with Gasteiger partial charge in [-0.1, -0.05) is 0 Å². The van der Waals surface area contributed by atoms with E-state index >= 15 is 0 Å². The molecule has 1 aliphatic rings. The van der Waals surface area contributed by atoms with Gasteiger partial charge in [0.05, 0.1) is 14.2 Å². The second-order valence-electron chi connectivity index (χ2n) is 3.85. The highest BCUT2D eigenvalue weighted by molar-refractivity contribution is 5.88. The second kappa shape index (κ2) is 6.95. The first-order chi connectivity index (χ1) is 8.58. The highest BCUT2D eigenvalue weighted by atomic mass is 16.5. The van der Waals surface area contributed by atoms with Crippen LogP contribution in [0.1, 0.15) is 12.8 Å². The average molecular weight is 259 g/mol. The van der Waals surface area contributed by atoms with Crippen molar-refractivity contribution in [2.45, 2.75) is 18.9 Å². The summed E-state index contributed by atoms with van der Waals surface area (Å²) in [5.41, 5.74) is 0. The van der Waals surface area contributed by atoms with Crippen LogP contribution in [0.15, 0.2) is 0 Å². The molecule has 1 saturated heterocycles. The van der Waals surface area contributed by atoms with Crippen LogP contribution < -0.4 is 0 Å². The van der Waals surface area contributed by atoms with E-state index in [0.717, 1.165) is 11.3 Å². The number of methoxy groups -OCH3 is 2. The van der Waals surface area contributed by atoms with Crippen LogP contribution in [0.25, 0.3) is 0 Å². The molecule has 7 nitrogen and oxygen atoms in total. The van der Waals surface area contributed by atoms with E-state index in [2.05, 4.69) is 9.47 Å². The molecule has 7 heteroatoms. The van der Waals surface area contributed by atoms with E-state index in [1.165, 1.54) is 14.2 Å². The zero-order chi connectivity index (χ0) is 13.5. The SMILES string of the molecule is COC(=O)CN(CC(=O)OC)C(=O)[C@H]1CCCO1. The van der Waals surface area contributed by atoms with E-state index in [-0.39, 0.29) is 19.0 Å². The Labute approximate surface area is 105 Å². The van der Waals surface area contributed by atoms with Crippen molar-refractivity contribution in [2.75, 3.05) is 33.9 Å². The molecule has 1 heterocycles. The van der Waals surface area contributed by atoms with Crippen molar-refractivity contribution in [3.05, 3.63) is 0 Å². The third kappa shape index (κ3) is 3.99. The summed E-state index contributed by atoms with van der Waals surface area (Å²) in [6, 6.07) is 0. The second-order valence-corrected chi connectivity index (χ2v) is 3.85. The lowest BCUT2D eigenvalue weighted by molar-refractivity contribution is -0.155. The Morgan fingerprint density at radius 1 is 1.17 bits per heavy atom. The third-order valence-corrected chi connectivity index (χ3v) is 2.61. The smallest absolute Gasteiger partial charge is 0.325 e. The molecule has 102 valence electrons. The van der Waals surface area contributed by atoms with E-state index in [1.807, 2.05) is 0 Å². The van der Waals surface area contributed by atoms with E-state index < -0.39 is 18.0 Å². The van der Waals surface area contributed by atoms with Crippen molar-refractivity contribution in [1.82, 2.24) is 4.90 Å². The summed E-state index contributed by atoms with van der Waals surface area (Å²) < 4.78 is 14.2. The van der Waals surface area contributed by atoms with Crippen LogP contribution in [0.5, 0.6) is 0 Å². The molecule has 0 aromatic heterocycles. The highest BCUT2D eigenvalue weighted by Gasteiger charge is 2.30. The van der Waals surface area contributed by atoms with Crippen LogP contribution in [0.3, 0.4) is 0 Å². The molecular formula is C11H17NO6. The molecule has 0 spiro atoms. The van der Waals surface area contributed by atoms with Gasteiger partial charge in [-0.15, -0.1) is 0 Å². The lowest BCUT2D eigenvalue weighted by atomic mass is 10.2. The van der Waals surface area contributed by atoms with Gasteiger partial charge in [-0.05, 0) is 12.8 Å². The molecule has 0 bridgehead atoms. The van der Waals surface area contributed by atoms with E-state index in [0.29, 0.717) is 13.0 Å². The van der Waals surface area contributed by atoms with Gasteiger partial charge in [0, 0.05) is 6.61 Å². The van der Waals surface area contributed by atoms with Crippen LogP contribution >= 0.6 is 0 Å². The third-order valence-electron chi connectivity index (χ3n) is 2.61. The standard InChI is InChI=1S/C11H17NO6/c1-16-9(13)6-12(7-10(14)17-2)11(15)8-4-3-5-18-8/h8H,3-7H2,1-2H3/t8-/m1/s1. The summed E-state index contributed by atoms with van der Waals surface area (Å²) in [4.78, 5) is 35.5. The van der Waals surface area contributed by atoms with E-state index in [9.17, 15) is 14.4 Å². The summed E-state index contributed by atoms with van der Waals surface area (Å²) in [7, 11) is 2.43. The predicted octanol–water partition coefficient (Wildman–Crippen LogP) is -0.660. The minimum atomic E-state index is -0.592. The fourth-order valence-corrected chi connectivity index (χ4v) is 1.63. The number of carbonyl (C=O) groups is 3. The van der Waals surface area contributed by atoms with Gasteiger partial charge in [0.2, 0.25) is 0 Å². The summed E-state index contributed by atoms with van der Waals surface area (Å²) in [6.45, 7) is -0.0602. The van der Waals surface area contributed by atoms with Crippen molar-refractivity contribution in [3.63, 3.8) is 0 Å². The Balaban J connectivity index is 2.65. The van der Waals surface area contributed by atoms with Gasteiger partial charge in [-0.2, -0.15) is 0 Å². The summed E-state index contributed by atoms with van der Waals surface area (Å²) in [6.07, 6.45) is 0.803. The van der Waals surface area contributed by atoms with Gasteiger partial charge in [-0.25, -0.2) is 0 Å². The number of amides is 1. The number of ether oxygens (including phenoxy) is 3. The molecule has 1 atom stereocenters. The Morgan fingerprint density at radius 3 is 2.11 bits per heavy atom. The lowest BCUT2D eigenvalue weighted by Crippen LogP contribution is -2.45. The summed E-state index contributed by atoms with van der Waals surface area (Å²) >= 11 is 0. The van der Waals surface area contributed by atoms with Crippen LogP contribution in [-0.2, 0) is 28.6 Å². The summed E-state index contributed by atoms with van der Waals surface area (Å²) in [5, 5.41) is 0.